The van der Waals surface area contributed by atoms with Gasteiger partial charge in [0.15, 0.2) is 5.96 Å². The Balaban J connectivity index is 1.80. The SMILES string of the molecule is CN=C(NCCN(C(C)C)C1CC1)NC(C)Cc1c(C)nn(C)c1C. The summed E-state index contributed by atoms with van der Waals surface area (Å²) in [6.07, 6.45) is 3.66. The lowest BCUT2D eigenvalue weighted by atomic mass is 10.1. The summed E-state index contributed by atoms with van der Waals surface area (Å²) in [4.78, 5) is 6.97. The van der Waals surface area contributed by atoms with Crippen molar-refractivity contribution in [2.45, 2.75) is 72.0 Å². The van der Waals surface area contributed by atoms with E-state index >= 15 is 0 Å². The molecule has 6 nitrogen and oxygen atoms in total. The summed E-state index contributed by atoms with van der Waals surface area (Å²) in [7, 11) is 3.84. The minimum Gasteiger partial charge on any atom is -0.355 e. The molecule has 0 aliphatic heterocycles. The highest BCUT2D eigenvalue weighted by Crippen LogP contribution is 2.27. The van der Waals surface area contributed by atoms with Crippen LogP contribution in [-0.4, -0.2) is 58.9 Å². The van der Waals surface area contributed by atoms with Gasteiger partial charge in [-0.2, -0.15) is 5.10 Å². The Morgan fingerprint density at radius 3 is 2.48 bits per heavy atom. The molecule has 1 fully saturated rings. The Bertz CT molecular complexity index is 583. The maximum absolute atomic E-state index is 4.51. The molecule has 6 heteroatoms. The highest BCUT2D eigenvalue weighted by molar-refractivity contribution is 5.79. The number of aliphatic imine (C=N–C) groups is 1. The monoisotopic (exact) mass is 348 g/mol. The third-order valence-electron chi connectivity index (χ3n) is 5.12. The van der Waals surface area contributed by atoms with Crippen molar-refractivity contribution in [2.75, 3.05) is 20.1 Å². The Morgan fingerprint density at radius 2 is 2.00 bits per heavy atom. The first-order valence-corrected chi connectivity index (χ1v) is 9.55. The van der Waals surface area contributed by atoms with Crippen molar-refractivity contribution in [2.24, 2.45) is 12.0 Å². The maximum atomic E-state index is 4.51. The van der Waals surface area contributed by atoms with Gasteiger partial charge in [0.05, 0.1) is 5.69 Å². The molecule has 0 bridgehead atoms. The van der Waals surface area contributed by atoms with Crippen LogP contribution in [0.4, 0.5) is 0 Å². The summed E-state index contributed by atoms with van der Waals surface area (Å²) in [6, 6.07) is 1.71. The van der Waals surface area contributed by atoms with Crippen molar-refractivity contribution in [3.8, 4) is 0 Å². The standard InChI is InChI=1S/C19H36N6/c1-13(2)25(17-8-9-17)11-10-21-19(20-6)22-14(3)12-18-15(4)23-24(7)16(18)5/h13-14,17H,8-12H2,1-7H3,(H2,20,21,22). The predicted octanol–water partition coefficient (Wildman–Crippen LogP) is 2.01. The van der Waals surface area contributed by atoms with Crippen LogP contribution >= 0.6 is 0 Å². The van der Waals surface area contributed by atoms with Crippen LogP contribution in [-0.2, 0) is 13.5 Å². The van der Waals surface area contributed by atoms with E-state index < -0.39 is 0 Å². The van der Waals surface area contributed by atoms with E-state index in [0.29, 0.717) is 12.1 Å². The van der Waals surface area contributed by atoms with Crippen LogP contribution in [0.3, 0.4) is 0 Å². The van der Waals surface area contributed by atoms with Gasteiger partial charge in [-0.15, -0.1) is 0 Å². The quantitative estimate of drug-likeness (QED) is 0.557. The van der Waals surface area contributed by atoms with Crippen molar-refractivity contribution in [3.63, 3.8) is 0 Å². The van der Waals surface area contributed by atoms with E-state index in [0.717, 1.165) is 37.2 Å². The van der Waals surface area contributed by atoms with E-state index in [9.17, 15) is 0 Å². The average molecular weight is 349 g/mol. The van der Waals surface area contributed by atoms with Gasteiger partial charge in [-0.25, -0.2) is 0 Å². The van der Waals surface area contributed by atoms with E-state index in [1.807, 2.05) is 18.8 Å². The Morgan fingerprint density at radius 1 is 1.32 bits per heavy atom. The lowest BCUT2D eigenvalue weighted by Gasteiger charge is -2.27. The first kappa shape index (κ1) is 19.8. The predicted molar refractivity (Wildman–Crippen MR) is 105 cm³/mol. The second-order valence-electron chi connectivity index (χ2n) is 7.58. The molecule has 1 aliphatic rings. The fourth-order valence-electron chi connectivity index (χ4n) is 3.47. The normalized spacial score (nSPS) is 16.6. The molecule has 2 N–H and O–H groups in total. The molecule has 0 aromatic carbocycles. The second-order valence-corrected chi connectivity index (χ2v) is 7.58. The van der Waals surface area contributed by atoms with Gasteiger partial charge in [0.25, 0.3) is 0 Å². The molecule has 1 unspecified atom stereocenters. The van der Waals surface area contributed by atoms with Crippen molar-refractivity contribution >= 4 is 5.96 Å². The molecule has 0 radical (unpaired) electrons. The summed E-state index contributed by atoms with van der Waals surface area (Å²) in [5.41, 5.74) is 3.69. The molecule has 1 aromatic heterocycles. The lowest BCUT2D eigenvalue weighted by molar-refractivity contribution is 0.215. The molecule has 1 saturated carbocycles. The van der Waals surface area contributed by atoms with E-state index in [4.69, 9.17) is 0 Å². The van der Waals surface area contributed by atoms with E-state index in [-0.39, 0.29) is 0 Å². The summed E-state index contributed by atoms with van der Waals surface area (Å²) in [6.45, 7) is 13.0. The van der Waals surface area contributed by atoms with Crippen LogP contribution in [0.1, 0.15) is 50.6 Å². The highest BCUT2D eigenvalue weighted by Gasteiger charge is 2.30. The molecule has 1 heterocycles. The summed E-state index contributed by atoms with van der Waals surface area (Å²) >= 11 is 0. The van der Waals surface area contributed by atoms with Gasteiger partial charge in [0.1, 0.15) is 0 Å². The molecule has 142 valence electrons. The number of nitrogens with zero attached hydrogens (tertiary/aromatic N) is 4. The molecular formula is C19H36N6. The van der Waals surface area contributed by atoms with Crippen molar-refractivity contribution in [1.29, 1.82) is 0 Å². The largest absolute Gasteiger partial charge is 0.355 e. The minimum atomic E-state index is 0.303. The number of aromatic nitrogens is 2. The van der Waals surface area contributed by atoms with E-state index in [1.165, 1.54) is 24.1 Å². The van der Waals surface area contributed by atoms with Gasteiger partial charge < -0.3 is 10.6 Å². The number of aryl methyl sites for hydroxylation is 2. The highest BCUT2D eigenvalue weighted by atomic mass is 15.3. The lowest BCUT2D eigenvalue weighted by Crippen LogP contribution is -2.46. The van der Waals surface area contributed by atoms with Gasteiger partial charge in [-0.1, -0.05) is 0 Å². The van der Waals surface area contributed by atoms with E-state index in [2.05, 4.69) is 60.2 Å². The molecule has 1 aliphatic carbocycles. The minimum absolute atomic E-state index is 0.303. The average Bonchev–Trinajstić information content (AvgIpc) is 3.35. The number of rotatable bonds is 8. The second kappa shape index (κ2) is 8.70. The van der Waals surface area contributed by atoms with Crippen molar-refractivity contribution in [1.82, 2.24) is 25.3 Å². The van der Waals surface area contributed by atoms with E-state index in [1.54, 1.807) is 0 Å². The summed E-state index contributed by atoms with van der Waals surface area (Å²) in [5.74, 6) is 0.881. The molecule has 0 saturated heterocycles. The van der Waals surface area contributed by atoms with Crippen LogP contribution in [0.15, 0.2) is 4.99 Å². The number of nitrogens with one attached hydrogen (secondary N) is 2. The summed E-state index contributed by atoms with van der Waals surface area (Å²) < 4.78 is 1.96. The third kappa shape index (κ3) is 5.46. The molecule has 0 spiro atoms. The first-order valence-electron chi connectivity index (χ1n) is 9.55. The molecule has 0 amide bonds. The van der Waals surface area contributed by atoms with Crippen LogP contribution in [0.2, 0.25) is 0 Å². The van der Waals surface area contributed by atoms with Gasteiger partial charge in [0, 0.05) is 51.0 Å². The fraction of sp³-hybridized carbons (Fsp3) is 0.789. The first-order chi connectivity index (χ1) is 11.8. The van der Waals surface area contributed by atoms with Gasteiger partial charge in [-0.05, 0) is 59.4 Å². The van der Waals surface area contributed by atoms with Crippen LogP contribution < -0.4 is 10.6 Å². The van der Waals surface area contributed by atoms with Crippen molar-refractivity contribution in [3.05, 3.63) is 17.0 Å². The van der Waals surface area contributed by atoms with Crippen LogP contribution in [0, 0.1) is 13.8 Å². The van der Waals surface area contributed by atoms with Crippen LogP contribution in [0.5, 0.6) is 0 Å². The number of hydrogen-bond acceptors (Lipinski definition) is 3. The summed E-state index contributed by atoms with van der Waals surface area (Å²) in [5, 5.41) is 11.5. The zero-order chi connectivity index (χ0) is 18.6. The molecule has 1 aromatic rings. The zero-order valence-electron chi connectivity index (χ0n) is 17.1. The Hall–Kier alpha value is -1.56. The third-order valence-corrected chi connectivity index (χ3v) is 5.12. The van der Waals surface area contributed by atoms with Gasteiger partial charge in [0.2, 0.25) is 0 Å². The van der Waals surface area contributed by atoms with Gasteiger partial charge in [-0.3, -0.25) is 14.6 Å². The van der Waals surface area contributed by atoms with Crippen molar-refractivity contribution < 1.29 is 0 Å². The molecule has 25 heavy (non-hydrogen) atoms. The maximum Gasteiger partial charge on any atom is 0.191 e. The molecular weight excluding hydrogens is 312 g/mol. The number of guanidine groups is 1. The fourth-order valence-corrected chi connectivity index (χ4v) is 3.47. The van der Waals surface area contributed by atoms with Crippen LogP contribution in [0.25, 0.3) is 0 Å². The Labute approximate surface area is 153 Å². The molecule has 2 rings (SSSR count). The molecule has 1 atom stereocenters. The smallest absolute Gasteiger partial charge is 0.191 e. The van der Waals surface area contributed by atoms with Gasteiger partial charge >= 0.3 is 0 Å². The zero-order valence-corrected chi connectivity index (χ0v) is 17.1. The Kier molecular flexibility index (Phi) is 6.87. The topological polar surface area (TPSA) is 57.5 Å². The number of hydrogen-bond donors (Lipinski definition) is 2.